The Morgan fingerprint density at radius 3 is 2.54 bits per heavy atom. The Morgan fingerprint density at radius 2 is 1.94 bits per heavy atom. The minimum Gasteiger partial charge on any atom is -0.385 e. The van der Waals surface area contributed by atoms with E-state index in [2.05, 4.69) is 10.1 Å². The number of amides is 1. The fraction of sp³-hybridized carbons (Fsp3) is 0.364. The molecule has 186 valence electrons. The highest BCUT2D eigenvalue weighted by Crippen LogP contribution is 2.23. The van der Waals surface area contributed by atoms with Crippen LogP contribution in [0.4, 0.5) is 17.2 Å². The number of nitrogens with zero attached hydrogens (tertiary/aromatic N) is 5. The van der Waals surface area contributed by atoms with Crippen LogP contribution in [-0.2, 0) is 22.6 Å². The predicted molar refractivity (Wildman–Crippen MR) is 128 cm³/mol. The highest BCUT2D eigenvalue weighted by atomic mass is 16.6. The maximum atomic E-state index is 13.4. The summed E-state index contributed by atoms with van der Waals surface area (Å²) in [7, 11) is 1.50. The molecule has 0 fully saturated rings. The topological polar surface area (TPSA) is 171 Å². The van der Waals surface area contributed by atoms with Crippen LogP contribution in [0.1, 0.15) is 23.4 Å². The number of rotatable bonds is 10. The van der Waals surface area contributed by atoms with Crippen molar-refractivity contribution in [3.63, 3.8) is 0 Å². The lowest BCUT2D eigenvalue weighted by atomic mass is 10.2. The van der Waals surface area contributed by atoms with Crippen LogP contribution in [0.5, 0.6) is 0 Å². The molecule has 1 aromatic carbocycles. The lowest BCUT2D eigenvalue weighted by Crippen LogP contribution is -2.43. The van der Waals surface area contributed by atoms with Gasteiger partial charge in [-0.15, -0.1) is 0 Å². The molecule has 35 heavy (non-hydrogen) atoms. The molecule has 2 aromatic heterocycles. The molecule has 0 bridgehead atoms. The Balaban J connectivity index is 2.04. The first-order valence-electron chi connectivity index (χ1n) is 10.8. The molecule has 13 nitrogen and oxygen atoms in total. The summed E-state index contributed by atoms with van der Waals surface area (Å²) in [5, 5.41) is 15.4. The van der Waals surface area contributed by atoms with Gasteiger partial charge in [0.15, 0.2) is 5.69 Å². The third kappa shape index (κ3) is 5.46. The van der Waals surface area contributed by atoms with E-state index in [-0.39, 0.29) is 48.2 Å². The minimum atomic E-state index is -0.818. The number of H-pyrrole nitrogens is 1. The first-order valence-corrected chi connectivity index (χ1v) is 10.8. The lowest BCUT2D eigenvalue weighted by Gasteiger charge is -2.24. The van der Waals surface area contributed by atoms with Crippen LogP contribution in [0.3, 0.4) is 0 Å². The molecule has 3 aromatic rings. The molecule has 3 rings (SSSR count). The molecule has 13 heteroatoms. The zero-order chi connectivity index (χ0) is 25.7. The van der Waals surface area contributed by atoms with Gasteiger partial charge >= 0.3 is 11.4 Å². The molecule has 0 unspecified atom stereocenters. The second-order valence-corrected chi connectivity index (χ2v) is 7.89. The average molecular weight is 486 g/mol. The smallest absolute Gasteiger partial charge is 0.330 e. The minimum absolute atomic E-state index is 0.0604. The van der Waals surface area contributed by atoms with Gasteiger partial charge in [0.2, 0.25) is 5.91 Å². The van der Waals surface area contributed by atoms with Crippen LogP contribution < -0.4 is 21.9 Å². The Kier molecular flexibility index (Phi) is 7.81. The standard InChI is InChI=1S/C22H27N7O6/c1-14-18(29(33)34)15(2)28(25-14)13-17(30)26(10-7-11-35-3)19-20(23)27(22(32)24-21(19)31)12-16-8-5-4-6-9-16/h4-6,8-9H,7,10-13,23H2,1-3H3,(H,24,31,32). The number of carbonyl (C=O) groups is 1. The highest BCUT2D eigenvalue weighted by Gasteiger charge is 2.27. The van der Waals surface area contributed by atoms with Crippen molar-refractivity contribution in [2.45, 2.75) is 33.4 Å². The SMILES string of the molecule is COCCCN(C(=O)Cn1nc(C)c([N+](=O)[O-])c1C)c1c(N)n(Cc2ccccc2)c(=O)[nH]c1=O. The lowest BCUT2D eigenvalue weighted by molar-refractivity contribution is -0.386. The molecule has 0 aliphatic rings. The number of ether oxygens (including phenoxy) is 1. The van der Waals surface area contributed by atoms with E-state index in [1.807, 2.05) is 6.07 Å². The number of nitro groups is 1. The number of carbonyl (C=O) groups excluding carboxylic acids is 1. The number of anilines is 2. The van der Waals surface area contributed by atoms with Crippen molar-refractivity contribution < 1.29 is 14.5 Å². The number of aromatic nitrogens is 4. The summed E-state index contributed by atoms with van der Waals surface area (Å²) in [5.41, 5.74) is 5.52. The average Bonchev–Trinajstić information content (AvgIpc) is 3.08. The van der Waals surface area contributed by atoms with Crippen molar-refractivity contribution in [1.29, 1.82) is 0 Å². The molecule has 0 atom stereocenters. The molecule has 0 aliphatic heterocycles. The molecule has 0 saturated carbocycles. The second kappa shape index (κ2) is 10.8. The molecule has 2 heterocycles. The summed E-state index contributed by atoms with van der Waals surface area (Å²) < 4.78 is 7.46. The molecule has 0 spiro atoms. The van der Waals surface area contributed by atoms with Crippen LogP contribution in [0, 0.1) is 24.0 Å². The van der Waals surface area contributed by atoms with Crippen molar-refractivity contribution in [3.05, 3.63) is 78.2 Å². The zero-order valence-corrected chi connectivity index (χ0v) is 19.7. The maximum absolute atomic E-state index is 13.4. The van der Waals surface area contributed by atoms with Gasteiger partial charge in [-0.25, -0.2) is 4.79 Å². The monoisotopic (exact) mass is 485 g/mol. The van der Waals surface area contributed by atoms with Crippen molar-refractivity contribution >= 4 is 23.1 Å². The van der Waals surface area contributed by atoms with Gasteiger partial charge in [0.05, 0.1) is 11.5 Å². The number of hydrogen-bond acceptors (Lipinski definition) is 8. The van der Waals surface area contributed by atoms with Crippen molar-refractivity contribution in [2.75, 3.05) is 30.9 Å². The van der Waals surface area contributed by atoms with E-state index in [0.29, 0.717) is 13.0 Å². The Bertz CT molecular complexity index is 1340. The summed E-state index contributed by atoms with van der Waals surface area (Å²) in [6.45, 7) is 3.04. The van der Waals surface area contributed by atoms with E-state index in [4.69, 9.17) is 10.5 Å². The van der Waals surface area contributed by atoms with E-state index in [1.54, 1.807) is 24.3 Å². The molecule has 1 amide bonds. The van der Waals surface area contributed by atoms with Crippen molar-refractivity contribution in [1.82, 2.24) is 19.3 Å². The fourth-order valence-electron chi connectivity index (χ4n) is 3.81. The molecule has 0 saturated heterocycles. The summed E-state index contributed by atoms with van der Waals surface area (Å²) in [5.74, 6) is -0.753. The van der Waals surface area contributed by atoms with Gasteiger partial charge in [-0.2, -0.15) is 5.10 Å². The number of aryl methyl sites for hydroxylation is 1. The van der Waals surface area contributed by atoms with Gasteiger partial charge in [-0.05, 0) is 25.8 Å². The summed E-state index contributed by atoms with van der Waals surface area (Å²) >= 11 is 0. The number of aromatic amines is 1. The normalized spacial score (nSPS) is 10.9. The van der Waals surface area contributed by atoms with Gasteiger partial charge in [-0.3, -0.25) is 33.9 Å². The van der Waals surface area contributed by atoms with Gasteiger partial charge in [0.1, 0.15) is 23.8 Å². The van der Waals surface area contributed by atoms with E-state index in [0.717, 1.165) is 10.5 Å². The summed E-state index contributed by atoms with van der Waals surface area (Å²) in [6.07, 6.45) is 0.371. The van der Waals surface area contributed by atoms with E-state index >= 15 is 0 Å². The van der Waals surface area contributed by atoms with Crippen LogP contribution in [0.2, 0.25) is 0 Å². The molecular formula is C22H27N7O6. The Morgan fingerprint density at radius 1 is 1.26 bits per heavy atom. The predicted octanol–water partition coefficient (Wildman–Crippen LogP) is 0.958. The second-order valence-electron chi connectivity index (χ2n) is 7.89. The van der Waals surface area contributed by atoms with Crippen LogP contribution in [0.15, 0.2) is 39.9 Å². The first-order chi connectivity index (χ1) is 16.6. The molecule has 0 radical (unpaired) electrons. The van der Waals surface area contributed by atoms with Gasteiger partial charge in [-0.1, -0.05) is 30.3 Å². The molecule has 3 N–H and O–H groups in total. The number of nitrogens with two attached hydrogens (primary N) is 1. The summed E-state index contributed by atoms with van der Waals surface area (Å²) in [4.78, 5) is 52.9. The zero-order valence-electron chi connectivity index (χ0n) is 19.7. The third-order valence-corrected chi connectivity index (χ3v) is 5.51. The van der Waals surface area contributed by atoms with Crippen LogP contribution in [-0.4, -0.2) is 50.4 Å². The van der Waals surface area contributed by atoms with Gasteiger partial charge in [0, 0.05) is 20.3 Å². The fourth-order valence-corrected chi connectivity index (χ4v) is 3.81. The van der Waals surface area contributed by atoms with E-state index in [9.17, 15) is 24.5 Å². The first kappa shape index (κ1) is 25.4. The summed E-state index contributed by atoms with van der Waals surface area (Å²) in [6, 6.07) is 9.03. The van der Waals surface area contributed by atoms with Crippen LogP contribution in [0.25, 0.3) is 0 Å². The Hall–Kier alpha value is -4.26. The van der Waals surface area contributed by atoms with Crippen molar-refractivity contribution in [3.8, 4) is 0 Å². The number of nitrogens with one attached hydrogen (secondary N) is 1. The van der Waals surface area contributed by atoms with Gasteiger partial charge < -0.3 is 15.4 Å². The number of hydrogen-bond donors (Lipinski definition) is 2. The maximum Gasteiger partial charge on any atom is 0.330 e. The molecule has 0 aliphatic carbocycles. The quantitative estimate of drug-likeness (QED) is 0.243. The number of nitrogen functional groups attached to an aromatic ring is 1. The third-order valence-electron chi connectivity index (χ3n) is 5.51. The van der Waals surface area contributed by atoms with Gasteiger partial charge in [0.25, 0.3) is 5.56 Å². The van der Waals surface area contributed by atoms with E-state index in [1.165, 1.54) is 30.2 Å². The van der Waals surface area contributed by atoms with E-state index < -0.39 is 22.1 Å². The Labute approximate surface area is 199 Å². The van der Waals surface area contributed by atoms with Crippen LogP contribution >= 0.6 is 0 Å². The van der Waals surface area contributed by atoms with Crippen molar-refractivity contribution in [2.24, 2.45) is 0 Å². The largest absolute Gasteiger partial charge is 0.385 e. The number of benzene rings is 1. The molecular weight excluding hydrogens is 458 g/mol. The number of methoxy groups -OCH3 is 1. The highest BCUT2D eigenvalue weighted by molar-refractivity contribution is 5.95.